The van der Waals surface area contributed by atoms with Crippen LogP contribution in [0.1, 0.15) is 46.0 Å². The van der Waals surface area contributed by atoms with Crippen LogP contribution in [0.5, 0.6) is 0 Å². The highest BCUT2D eigenvalue weighted by Gasteiger charge is 2.37. The van der Waals surface area contributed by atoms with Crippen LogP contribution in [0.25, 0.3) is 0 Å². The number of urea groups is 1. The number of hydrogen-bond acceptors (Lipinski definition) is 4. The van der Waals surface area contributed by atoms with E-state index in [-0.39, 0.29) is 24.0 Å². The van der Waals surface area contributed by atoms with Crippen LogP contribution >= 0.6 is 0 Å². The highest BCUT2D eigenvalue weighted by atomic mass is 16.5. The first-order valence-electron chi connectivity index (χ1n) is 10.7. The summed E-state index contributed by atoms with van der Waals surface area (Å²) < 4.78 is 5.41. The Morgan fingerprint density at radius 3 is 2.52 bits per heavy atom. The zero-order valence-electron chi connectivity index (χ0n) is 17.0. The van der Waals surface area contributed by atoms with Crippen LogP contribution in [-0.4, -0.2) is 91.2 Å². The summed E-state index contributed by atoms with van der Waals surface area (Å²) in [6.07, 6.45) is 5.12. The summed E-state index contributed by atoms with van der Waals surface area (Å²) in [5, 5.41) is 2.97. The SMILES string of the molecule is CC(C)NC(=O)N1CCC(N(CCCN2CCOCC2)C(=O)C2CCC2)C1. The van der Waals surface area contributed by atoms with Crippen molar-refractivity contribution in [3.8, 4) is 0 Å². The van der Waals surface area contributed by atoms with Crippen LogP contribution in [0.15, 0.2) is 0 Å². The van der Waals surface area contributed by atoms with Crippen molar-refractivity contribution in [2.45, 2.75) is 58.0 Å². The van der Waals surface area contributed by atoms with Crippen LogP contribution < -0.4 is 5.32 Å². The lowest BCUT2D eigenvalue weighted by atomic mass is 9.84. The summed E-state index contributed by atoms with van der Waals surface area (Å²) in [6.45, 7) is 10.8. The molecule has 0 radical (unpaired) electrons. The normalized spacial score (nSPS) is 24.1. The molecule has 0 spiro atoms. The van der Waals surface area contributed by atoms with Crippen LogP contribution in [0, 0.1) is 5.92 Å². The average molecular weight is 381 g/mol. The Morgan fingerprint density at radius 2 is 1.89 bits per heavy atom. The van der Waals surface area contributed by atoms with E-state index in [9.17, 15) is 9.59 Å². The monoisotopic (exact) mass is 380 g/mol. The molecule has 1 unspecified atom stereocenters. The van der Waals surface area contributed by atoms with Gasteiger partial charge in [0.1, 0.15) is 0 Å². The molecule has 0 bridgehead atoms. The van der Waals surface area contributed by atoms with Gasteiger partial charge in [-0.3, -0.25) is 9.69 Å². The Balaban J connectivity index is 1.53. The van der Waals surface area contributed by atoms with Crippen molar-refractivity contribution >= 4 is 11.9 Å². The predicted octanol–water partition coefficient (Wildman–Crippen LogP) is 1.53. The fourth-order valence-corrected chi connectivity index (χ4v) is 4.17. The Bertz CT molecular complexity index is 503. The van der Waals surface area contributed by atoms with Gasteiger partial charge in [-0.15, -0.1) is 0 Å². The summed E-state index contributed by atoms with van der Waals surface area (Å²) >= 11 is 0. The van der Waals surface area contributed by atoms with E-state index in [0.717, 1.165) is 71.6 Å². The topological polar surface area (TPSA) is 65.1 Å². The molecular weight excluding hydrogens is 344 g/mol. The second kappa shape index (κ2) is 9.73. The molecule has 1 N–H and O–H groups in total. The quantitative estimate of drug-likeness (QED) is 0.727. The fourth-order valence-electron chi connectivity index (χ4n) is 4.17. The van der Waals surface area contributed by atoms with E-state index in [2.05, 4.69) is 15.1 Å². The Kier molecular flexibility index (Phi) is 7.35. The molecule has 0 aromatic heterocycles. The molecule has 1 atom stereocenters. The van der Waals surface area contributed by atoms with E-state index in [1.165, 1.54) is 6.42 Å². The van der Waals surface area contributed by atoms with Gasteiger partial charge in [-0.05, 0) is 39.5 Å². The molecule has 3 fully saturated rings. The molecule has 0 aromatic carbocycles. The Morgan fingerprint density at radius 1 is 1.15 bits per heavy atom. The van der Waals surface area contributed by atoms with E-state index in [4.69, 9.17) is 4.74 Å². The highest BCUT2D eigenvalue weighted by Crippen LogP contribution is 2.30. The second-order valence-corrected chi connectivity index (χ2v) is 8.46. The smallest absolute Gasteiger partial charge is 0.317 e. The van der Waals surface area contributed by atoms with Crippen LogP contribution in [0.4, 0.5) is 4.79 Å². The van der Waals surface area contributed by atoms with Gasteiger partial charge in [-0.1, -0.05) is 6.42 Å². The lowest BCUT2D eigenvalue weighted by Crippen LogP contribution is -2.49. The number of likely N-dealkylation sites (tertiary alicyclic amines) is 1. The summed E-state index contributed by atoms with van der Waals surface area (Å²) in [5.41, 5.74) is 0. The number of amides is 3. The largest absolute Gasteiger partial charge is 0.379 e. The fraction of sp³-hybridized carbons (Fsp3) is 0.900. The van der Waals surface area contributed by atoms with Crippen molar-refractivity contribution in [3.63, 3.8) is 0 Å². The van der Waals surface area contributed by atoms with Gasteiger partial charge in [0.05, 0.1) is 19.3 Å². The highest BCUT2D eigenvalue weighted by molar-refractivity contribution is 5.80. The van der Waals surface area contributed by atoms with Gasteiger partial charge in [0.2, 0.25) is 5.91 Å². The van der Waals surface area contributed by atoms with Crippen LogP contribution in [0.3, 0.4) is 0 Å². The van der Waals surface area contributed by atoms with E-state index >= 15 is 0 Å². The van der Waals surface area contributed by atoms with Crippen molar-refractivity contribution in [1.82, 2.24) is 20.0 Å². The average Bonchev–Trinajstić information content (AvgIpc) is 3.07. The van der Waals surface area contributed by atoms with Gasteiger partial charge in [0.15, 0.2) is 0 Å². The van der Waals surface area contributed by atoms with Crippen molar-refractivity contribution in [1.29, 1.82) is 0 Å². The maximum Gasteiger partial charge on any atom is 0.317 e. The summed E-state index contributed by atoms with van der Waals surface area (Å²) in [5.74, 6) is 0.534. The molecule has 3 amide bonds. The molecule has 3 rings (SSSR count). The Labute approximate surface area is 163 Å². The summed E-state index contributed by atoms with van der Waals surface area (Å²) in [6, 6.07) is 0.301. The first kappa shape index (κ1) is 20.4. The minimum absolute atomic E-state index is 0.00291. The molecule has 0 aromatic rings. The van der Waals surface area contributed by atoms with E-state index in [1.54, 1.807) is 0 Å². The molecule has 7 heteroatoms. The zero-order chi connectivity index (χ0) is 19.2. The third-order valence-corrected chi connectivity index (χ3v) is 6.02. The third-order valence-electron chi connectivity index (χ3n) is 6.02. The molecule has 1 aliphatic carbocycles. The minimum Gasteiger partial charge on any atom is -0.379 e. The van der Waals surface area contributed by atoms with Crippen molar-refractivity contribution in [2.24, 2.45) is 5.92 Å². The molecule has 1 saturated carbocycles. The van der Waals surface area contributed by atoms with E-state index in [1.807, 2.05) is 18.7 Å². The summed E-state index contributed by atoms with van der Waals surface area (Å²) in [7, 11) is 0. The number of rotatable bonds is 7. The van der Waals surface area contributed by atoms with E-state index < -0.39 is 0 Å². The standard InChI is InChI=1S/C20H36N4O3/c1-16(2)21-20(26)23-10-7-18(15-23)24(19(25)17-5-3-6-17)9-4-8-22-11-13-27-14-12-22/h16-18H,3-15H2,1-2H3,(H,21,26). The molecule has 27 heavy (non-hydrogen) atoms. The number of nitrogens with zero attached hydrogens (tertiary/aromatic N) is 3. The second-order valence-electron chi connectivity index (χ2n) is 8.46. The molecule has 3 aliphatic rings. The van der Waals surface area contributed by atoms with Crippen LogP contribution in [-0.2, 0) is 9.53 Å². The lowest BCUT2D eigenvalue weighted by Gasteiger charge is -2.36. The predicted molar refractivity (Wildman–Crippen MR) is 105 cm³/mol. The molecule has 2 heterocycles. The molecule has 7 nitrogen and oxygen atoms in total. The van der Waals surface area contributed by atoms with Gasteiger partial charge in [-0.25, -0.2) is 4.79 Å². The number of hydrogen-bond donors (Lipinski definition) is 1. The number of nitrogens with one attached hydrogen (secondary N) is 1. The molecule has 154 valence electrons. The van der Waals surface area contributed by atoms with Crippen molar-refractivity contribution in [2.75, 3.05) is 52.5 Å². The first-order valence-corrected chi connectivity index (χ1v) is 10.7. The molecule has 2 saturated heterocycles. The van der Waals surface area contributed by atoms with Gasteiger partial charge < -0.3 is 19.9 Å². The van der Waals surface area contributed by atoms with Crippen molar-refractivity contribution < 1.29 is 14.3 Å². The van der Waals surface area contributed by atoms with E-state index in [0.29, 0.717) is 12.5 Å². The zero-order valence-corrected chi connectivity index (χ0v) is 17.0. The lowest BCUT2D eigenvalue weighted by molar-refractivity contribution is -0.140. The van der Waals surface area contributed by atoms with Gasteiger partial charge in [0.25, 0.3) is 0 Å². The first-order chi connectivity index (χ1) is 13.0. The van der Waals surface area contributed by atoms with Crippen molar-refractivity contribution in [3.05, 3.63) is 0 Å². The van der Waals surface area contributed by atoms with Gasteiger partial charge in [0, 0.05) is 51.2 Å². The third kappa shape index (κ3) is 5.57. The molecule has 2 aliphatic heterocycles. The number of morpholine rings is 1. The van der Waals surface area contributed by atoms with Crippen LogP contribution in [0.2, 0.25) is 0 Å². The Hall–Kier alpha value is -1.34. The van der Waals surface area contributed by atoms with Gasteiger partial charge >= 0.3 is 6.03 Å². The number of carbonyl (C=O) groups is 2. The van der Waals surface area contributed by atoms with Gasteiger partial charge in [-0.2, -0.15) is 0 Å². The maximum absolute atomic E-state index is 13.0. The number of carbonyl (C=O) groups excluding carboxylic acids is 2. The maximum atomic E-state index is 13.0. The molecular formula is C20H36N4O3. The number of ether oxygens (including phenoxy) is 1. The minimum atomic E-state index is -0.00291. The summed E-state index contributed by atoms with van der Waals surface area (Å²) in [4.78, 5) is 31.7.